The highest BCUT2D eigenvalue weighted by Crippen LogP contribution is 2.43. The van der Waals surface area contributed by atoms with E-state index >= 15 is 0 Å². The van der Waals surface area contributed by atoms with Gasteiger partial charge in [-0.3, -0.25) is 9.59 Å². The van der Waals surface area contributed by atoms with Crippen molar-refractivity contribution in [3.8, 4) is 0 Å². The molecule has 5 heteroatoms. The zero-order valence-corrected chi connectivity index (χ0v) is 12.4. The van der Waals surface area contributed by atoms with Crippen LogP contribution in [0.15, 0.2) is 42.5 Å². The van der Waals surface area contributed by atoms with Crippen LogP contribution in [-0.4, -0.2) is 29.2 Å². The summed E-state index contributed by atoms with van der Waals surface area (Å²) in [6.45, 7) is 0. The monoisotopic (exact) mass is 311 g/mol. The third-order valence-corrected chi connectivity index (χ3v) is 4.85. The minimum Gasteiger partial charge on any atom is -0.481 e. The third kappa shape index (κ3) is 2.57. The number of nitrogens with one attached hydrogen (secondary N) is 1. The second-order valence-electron chi connectivity index (χ2n) is 6.25. The number of benzene rings is 2. The van der Waals surface area contributed by atoms with Crippen LogP contribution in [0, 0.1) is 11.8 Å². The Morgan fingerprint density at radius 2 is 1.70 bits per heavy atom. The fourth-order valence-electron chi connectivity index (χ4n) is 3.55. The predicted octanol–water partition coefficient (Wildman–Crippen LogP) is 2.66. The Labute approximate surface area is 133 Å². The van der Waals surface area contributed by atoms with Crippen molar-refractivity contribution in [2.24, 2.45) is 11.8 Å². The van der Waals surface area contributed by atoms with Crippen LogP contribution in [0.2, 0.25) is 0 Å². The number of epoxide rings is 1. The van der Waals surface area contributed by atoms with Crippen molar-refractivity contribution < 1.29 is 19.4 Å². The molecule has 4 rings (SSSR count). The largest absolute Gasteiger partial charge is 0.481 e. The van der Waals surface area contributed by atoms with Crippen LogP contribution in [0.25, 0.3) is 10.8 Å². The van der Waals surface area contributed by atoms with Crippen molar-refractivity contribution in [3.05, 3.63) is 42.5 Å². The average Bonchev–Trinajstić information content (AvgIpc) is 3.32. The molecule has 4 unspecified atom stereocenters. The molecule has 0 spiro atoms. The molecule has 118 valence electrons. The Balaban J connectivity index is 1.60. The number of hydrogen-bond donors (Lipinski definition) is 2. The first kappa shape index (κ1) is 14.2. The standard InChI is InChI=1S/C18H17NO4/c20-17(12-8-15-16(23-15)9-13(12)18(21)22)19-14-7-3-5-10-4-1-2-6-11(10)14/h1-7,12-13,15-16H,8-9H2,(H,19,20)(H,21,22). The Morgan fingerprint density at radius 1 is 1.00 bits per heavy atom. The van der Waals surface area contributed by atoms with E-state index in [9.17, 15) is 14.7 Å². The van der Waals surface area contributed by atoms with Gasteiger partial charge >= 0.3 is 5.97 Å². The molecule has 1 heterocycles. The number of fused-ring (bicyclic) bond motifs is 2. The maximum absolute atomic E-state index is 12.7. The van der Waals surface area contributed by atoms with Crippen molar-refractivity contribution in [1.82, 2.24) is 0 Å². The van der Waals surface area contributed by atoms with Crippen LogP contribution in [0.3, 0.4) is 0 Å². The minimum atomic E-state index is -0.919. The van der Waals surface area contributed by atoms with E-state index in [0.29, 0.717) is 12.8 Å². The van der Waals surface area contributed by atoms with Crippen molar-refractivity contribution >= 4 is 28.3 Å². The average molecular weight is 311 g/mol. The van der Waals surface area contributed by atoms with Gasteiger partial charge in [0.05, 0.1) is 24.0 Å². The van der Waals surface area contributed by atoms with Crippen LogP contribution in [-0.2, 0) is 14.3 Å². The fraction of sp³-hybridized carbons (Fsp3) is 0.333. The highest BCUT2D eigenvalue weighted by molar-refractivity contribution is 6.03. The van der Waals surface area contributed by atoms with Crippen molar-refractivity contribution in [3.63, 3.8) is 0 Å². The Kier molecular flexibility index (Phi) is 3.31. The van der Waals surface area contributed by atoms with Crippen LogP contribution in [0.5, 0.6) is 0 Å². The highest BCUT2D eigenvalue weighted by Gasteiger charge is 2.52. The molecule has 2 aromatic carbocycles. The molecule has 1 saturated heterocycles. The van der Waals surface area contributed by atoms with E-state index in [4.69, 9.17) is 4.74 Å². The summed E-state index contributed by atoms with van der Waals surface area (Å²) >= 11 is 0. The van der Waals surface area contributed by atoms with Gasteiger partial charge < -0.3 is 15.2 Å². The Hall–Kier alpha value is -2.40. The molecule has 2 N–H and O–H groups in total. The van der Waals surface area contributed by atoms with Gasteiger partial charge in [0.25, 0.3) is 0 Å². The fourth-order valence-corrected chi connectivity index (χ4v) is 3.55. The van der Waals surface area contributed by atoms with Gasteiger partial charge in [0.1, 0.15) is 0 Å². The molecular formula is C18H17NO4. The number of amides is 1. The lowest BCUT2D eigenvalue weighted by Gasteiger charge is -2.25. The summed E-state index contributed by atoms with van der Waals surface area (Å²) in [6.07, 6.45) is 0.984. The molecule has 1 amide bonds. The van der Waals surface area contributed by atoms with E-state index < -0.39 is 17.8 Å². The molecule has 1 saturated carbocycles. The van der Waals surface area contributed by atoms with Gasteiger partial charge in [-0.2, -0.15) is 0 Å². The van der Waals surface area contributed by atoms with E-state index in [2.05, 4.69) is 5.32 Å². The molecular weight excluding hydrogens is 294 g/mol. The summed E-state index contributed by atoms with van der Waals surface area (Å²) in [5, 5.41) is 14.3. The number of anilines is 1. The number of ether oxygens (including phenoxy) is 1. The molecule has 0 radical (unpaired) electrons. The maximum Gasteiger partial charge on any atom is 0.307 e. The number of carboxylic acids is 1. The molecule has 0 bridgehead atoms. The summed E-state index contributed by atoms with van der Waals surface area (Å²) in [7, 11) is 0. The SMILES string of the molecule is O=C(O)C1CC2OC2CC1C(=O)Nc1cccc2ccccc12. The topological polar surface area (TPSA) is 78.9 Å². The highest BCUT2D eigenvalue weighted by atomic mass is 16.6. The molecule has 2 aliphatic rings. The summed E-state index contributed by atoms with van der Waals surface area (Å²) in [4.78, 5) is 24.1. The van der Waals surface area contributed by atoms with E-state index in [1.807, 2.05) is 42.5 Å². The molecule has 1 aliphatic carbocycles. The zero-order chi connectivity index (χ0) is 16.0. The summed E-state index contributed by atoms with van der Waals surface area (Å²) < 4.78 is 5.42. The quantitative estimate of drug-likeness (QED) is 0.854. The van der Waals surface area contributed by atoms with Crippen LogP contribution < -0.4 is 5.32 Å². The number of carbonyl (C=O) groups excluding carboxylic acids is 1. The maximum atomic E-state index is 12.7. The molecule has 0 aromatic heterocycles. The minimum absolute atomic E-state index is 0.0257. The first-order chi connectivity index (χ1) is 11.1. The Morgan fingerprint density at radius 3 is 2.48 bits per heavy atom. The van der Waals surface area contributed by atoms with E-state index in [-0.39, 0.29) is 18.1 Å². The summed E-state index contributed by atoms with van der Waals surface area (Å²) in [5.74, 6) is -2.37. The van der Waals surface area contributed by atoms with E-state index in [1.165, 1.54) is 0 Å². The van der Waals surface area contributed by atoms with Gasteiger partial charge in [0.15, 0.2) is 0 Å². The number of aliphatic carboxylic acids is 1. The van der Waals surface area contributed by atoms with E-state index in [0.717, 1.165) is 16.5 Å². The Bertz CT molecular complexity index is 782. The lowest BCUT2D eigenvalue weighted by atomic mass is 9.78. The number of carbonyl (C=O) groups is 2. The lowest BCUT2D eigenvalue weighted by Crippen LogP contribution is -2.38. The number of hydrogen-bond acceptors (Lipinski definition) is 3. The predicted molar refractivity (Wildman–Crippen MR) is 85.1 cm³/mol. The summed E-state index contributed by atoms with van der Waals surface area (Å²) in [6, 6.07) is 13.5. The number of carboxylic acid groups (broad SMARTS) is 1. The van der Waals surface area contributed by atoms with Gasteiger partial charge in [-0.15, -0.1) is 0 Å². The lowest BCUT2D eigenvalue weighted by molar-refractivity contribution is -0.147. The molecule has 4 atom stereocenters. The summed E-state index contributed by atoms with van der Waals surface area (Å²) in [5.41, 5.74) is 0.719. The van der Waals surface area contributed by atoms with Gasteiger partial charge in [-0.25, -0.2) is 0 Å². The third-order valence-electron chi connectivity index (χ3n) is 4.85. The second kappa shape index (κ2) is 5.35. The molecule has 23 heavy (non-hydrogen) atoms. The van der Waals surface area contributed by atoms with Gasteiger partial charge in [0, 0.05) is 11.1 Å². The van der Waals surface area contributed by atoms with Gasteiger partial charge in [-0.05, 0) is 24.3 Å². The molecule has 2 aromatic rings. The zero-order valence-electron chi connectivity index (χ0n) is 12.4. The number of rotatable bonds is 3. The van der Waals surface area contributed by atoms with Gasteiger partial charge in [-0.1, -0.05) is 36.4 Å². The first-order valence-corrected chi connectivity index (χ1v) is 7.80. The molecule has 1 aliphatic heterocycles. The van der Waals surface area contributed by atoms with Crippen LogP contribution >= 0.6 is 0 Å². The van der Waals surface area contributed by atoms with Crippen molar-refractivity contribution in [2.45, 2.75) is 25.0 Å². The van der Waals surface area contributed by atoms with Gasteiger partial charge in [0.2, 0.25) is 5.91 Å². The smallest absolute Gasteiger partial charge is 0.307 e. The second-order valence-corrected chi connectivity index (χ2v) is 6.25. The normalized spacial score (nSPS) is 28.9. The van der Waals surface area contributed by atoms with Crippen LogP contribution in [0.4, 0.5) is 5.69 Å². The molecule has 5 nitrogen and oxygen atoms in total. The molecule has 2 fully saturated rings. The van der Waals surface area contributed by atoms with E-state index in [1.54, 1.807) is 0 Å². The van der Waals surface area contributed by atoms with Crippen molar-refractivity contribution in [1.29, 1.82) is 0 Å². The first-order valence-electron chi connectivity index (χ1n) is 7.80. The van der Waals surface area contributed by atoms with Crippen LogP contribution in [0.1, 0.15) is 12.8 Å². The van der Waals surface area contributed by atoms with Crippen molar-refractivity contribution in [2.75, 3.05) is 5.32 Å².